The highest BCUT2D eigenvalue weighted by Gasteiger charge is 2.32. The molecule has 0 saturated heterocycles. The van der Waals surface area contributed by atoms with Gasteiger partial charge in [-0.1, -0.05) is 11.6 Å². The van der Waals surface area contributed by atoms with E-state index in [9.17, 15) is 22.4 Å². The van der Waals surface area contributed by atoms with Crippen LogP contribution in [0.15, 0.2) is 12.1 Å². The van der Waals surface area contributed by atoms with Gasteiger partial charge in [-0.05, 0) is 19.1 Å². The first-order valence-electron chi connectivity index (χ1n) is 3.80. The summed E-state index contributed by atoms with van der Waals surface area (Å²) in [4.78, 5) is 10.8. The lowest BCUT2D eigenvalue weighted by Crippen LogP contribution is -2.08. The maximum Gasteiger partial charge on any atom is 0.416 e. The van der Waals surface area contributed by atoms with Gasteiger partial charge in [-0.25, -0.2) is 4.39 Å². The highest BCUT2D eigenvalue weighted by molar-refractivity contribution is 6.31. The maximum absolute atomic E-state index is 13.1. The number of hydrogen-bond donors (Lipinski definition) is 0. The SMILES string of the molecule is CC(=O)c1cc(C(F)(F)F)cc(Cl)c1F. The Balaban J connectivity index is 3.43. The number of Topliss-reactive ketones (excluding diaryl/α,β-unsaturated/α-hetero) is 1. The second kappa shape index (κ2) is 3.81. The lowest BCUT2D eigenvalue weighted by atomic mass is 10.1. The minimum Gasteiger partial charge on any atom is -0.294 e. The Kier molecular flexibility index (Phi) is 3.04. The van der Waals surface area contributed by atoms with Crippen molar-refractivity contribution in [3.05, 3.63) is 34.1 Å². The van der Waals surface area contributed by atoms with Crippen molar-refractivity contribution < 1.29 is 22.4 Å². The molecule has 0 aromatic heterocycles. The zero-order chi connectivity index (χ0) is 11.8. The predicted octanol–water partition coefficient (Wildman–Crippen LogP) is 3.70. The van der Waals surface area contributed by atoms with Crippen molar-refractivity contribution in [2.45, 2.75) is 13.1 Å². The summed E-state index contributed by atoms with van der Waals surface area (Å²) < 4.78 is 49.9. The van der Waals surface area contributed by atoms with Gasteiger partial charge in [0, 0.05) is 0 Å². The minimum absolute atomic E-state index is 0.448. The van der Waals surface area contributed by atoms with Gasteiger partial charge < -0.3 is 0 Å². The number of alkyl halides is 3. The number of hydrogen-bond acceptors (Lipinski definition) is 1. The molecule has 0 saturated carbocycles. The summed E-state index contributed by atoms with van der Waals surface area (Å²) in [5.41, 5.74) is -1.80. The molecular formula is C9H5ClF4O. The summed E-state index contributed by atoms with van der Waals surface area (Å²) >= 11 is 5.24. The van der Waals surface area contributed by atoms with Crippen molar-refractivity contribution in [3.63, 3.8) is 0 Å². The molecule has 1 rings (SSSR count). The molecule has 0 spiro atoms. The smallest absolute Gasteiger partial charge is 0.294 e. The van der Waals surface area contributed by atoms with Gasteiger partial charge in [-0.2, -0.15) is 13.2 Å². The molecule has 1 aromatic carbocycles. The fourth-order valence-corrected chi connectivity index (χ4v) is 1.23. The van der Waals surface area contributed by atoms with E-state index in [0.29, 0.717) is 12.1 Å². The second-order valence-electron chi connectivity index (χ2n) is 2.87. The Hall–Kier alpha value is -1.10. The van der Waals surface area contributed by atoms with E-state index in [2.05, 4.69) is 0 Å². The van der Waals surface area contributed by atoms with Crippen LogP contribution in [0, 0.1) is 5.82 Å². The molecule has 0 radical (unpaired) electrons. The van der Waals surface area contributed by atoms with E-state index >= 15 is 0 Å². The van der Waals surface area contributed by atoms with Gasteiger partial charge in [0.2, 0.25) is 0 Å². The van der Waals surface area contributed by atoms with E-state index in [1.54, 1.807) is 0 Å². The van der Waals surface area contributed by atoms with Crippen LogP contribution in [-0.2, 0) is 6.18 Å². The Morgan fingerprint density at radius 1 is 1.33 bits per heavy atom. The molecule has 0 unspecified atom stereocenters. The summed E-state index contributed by atoms with van der Waals surface area (Å²) in [6, 6.07) is 0.896. The normalized spacial score (nSPS) is 11.6. The molecule has 0 aliphatic heterocycles. The molecule has 1 nitrogen and oxygen atoms in total. The molecule has 1 aromatic rings. The van der Waals surface area contributed by atoms with Crippen molar-refractivity contribution in [3.8, 4) is 0 Å². The van der Waals surface area contributed by atoms with Crippen molar-refractivity contribution >= 4 is 17.4 Å². The highest BCUT2D eigenvalue weighted by Crippen LogP contribution is 2.33. The quantitative estimate of drug-likeness (QED) is 0.540. The molecule has 0 aliphatic carbocycles. The molecule has 82 valence electrons. The van der Waals surface area contributed by atoms with Crippen LogP contribution in [0.4, 0.5) is 17.6 Å². The van der Waals surface area contributed by atoms with Gasteiger partial charge in [0.15, 0.2) is 11.6 Å². The monoisotopic (exact) mass is 240 g/mol. The molecule has 0 fully saturated rings. The summed E-state index contributed by atoms with van der Waals surface area (Å²) in [6.07, 6.45) is -4.65. The first-order chi connectivity index (χ1) is 6.73. The standard InChI is InChI=1S/C9H5ClF4O/c1-4(15)6-2-5(9(12,13)14)3-7(10)8(6)11/h2-3H,1H3. The van der Waals surface area contributed by atoms with Gasteiger partial charge in [0.05, 0.1) is 16.1 Å². The van der Waals surface area contributed by atoms with Crippen LogP contribution in [0.2, 0.25) is 5.02 Å². The predicted molar refractivity (Wildman–Crippen MR) is 46.4 cm³/mol. The third-order valence-corrected chi connectivity index (χ3v) is 2.01. The van der Waals surface area contributed by atoms with Crippen molar-refractivity contribution in [1.82, 2.24) is 0 Å². The van der Waals surface area contributed by atoms with Gasteiger partial charge in [-0.3, -0.25) is 4.79 Å². The van der Waals surface area contributed by atoms with Crippen molar-refractivity contribution in [1.29, 1.82) is 0 Å². The minimum atomic E-state index is -4.65. The molecular weight excluding hydrogens is 236 g/mol. The number of halogens is 5. The number of carbonyl (C=O) groups is 1. The first kappa shape index (κ1) is 12.0. The van der Waals surface area contributed by atoms with Crippen LogP contribution in [0.5, 0.6) is 0 Å². The zero-order valence-electron chi connectivity index (χ0n) is 7.45. The first-order valence-corrected chi connectivity index (χ1v) is 4.18. The van der Waals surface area contributed by atoms with E-state index in [-0.39, 0.29) is 0 Å². The maximum atomic E-state index is 13.1. The van der Waals surface area contributed by atoms with Gasteiger partial charge in [-0.15, -0.1) is 0 Å². The van der Waals surface area contributed by atoms with Crippen molar-refractivity contribution in [2.75, 3.05) is 0 Å². The lowest BCUT2D eigenvalue weighted by molar-refractivity contribution is -0.137. The third-order valence-electron chi connectivity index (χ3n) is 1.73. The lowest BCUT2D eigenvalue weighted by Gasteiger charge is -2.09. The number of carbonyl (C=O) groups excluding carboxylic acids is 1. The molecule has 15 heavy (non-hydrogen) atoms. The topological polar surface area (TPSA) is 17.1 Å². The summed E-state index contributed by atoms with van der Waals surface area (Å²) in [6.45, 7) is 0.967. The second-order valence-corrected chi connectivity index (χ2v) is 3.28. The Labute approximate surface area is 87.7 Å². The van der Waals surface area contributed by atoms with Gasteiger partial charge in [0.25, 0.3) is 0 Å². The van der Waals surface area contributed by atoms with Crippen LogP contribution in [0.1, 0.15) is 22.8 Å². The van der Waals surface area contributed by atoms with E-state index in [4.69, 9.17) is 11.6 Å². The highest BCUT2D eigenvalue weighted by atomic mass is 35.5. The van der Waals surface area contributed by atoms with Crippen LogP contribution in [0.25, 0.3) is 0 Å². The molecule has 6 heteroatoms. The van der Waals surface area contributed by atoms with Gasteiger partial charge >= 0.3 is 6.18 Å². The zero-order valence-corrected chi connectivity index (χ0v) is 8.21. The Bertz CT molecular complexity index is 411. The van der Waals surface area contributed by atoms with Crippen LogP contribution >= 0.6 is 11.6 Å². The Morgan fingerprint density at radius 2 is 1.87 bits per heavy atom. The average molecular weight is 241 g/mol. The summed E-state index contributed by atoms with van der Waals surface area (Å²) in [7, 11) is 0. The molecule has 0 atom stereocenters. The largest absolute Gasteiger partial charge is 0.416 e. The molecule has 0 aliphatic rings. The number of rotatable bonds is 1. The van der Waals surface area contributed by atoms with Crippen molar-refractivity contribution in [2.24, 2.45) is 0 Å². The number of benzene rings is 1. The molecule has 0 bridgehead atoms. The van der Waals surface area contributed by atoms with Crippen LogP contribution in [-0.4, -0.2) is 5.78 Å². The van der Waals surface area contributed by atoms with E-state index in [0.717, 1.165) is 6.92 Å². The van der Waals surface area contributed by atoms with E-state index < -0.39 is 33.9 Å². The summed E-state index contributed by atoms with van der Waals surface area (Å²) in [5, 5.41) is -0.713. The van der Waals surface area contributed by atoms with E-state index in [1.165, 1.54) is 0 Å². The third kappa shape index (κ3) is 2.47. The summed E-state index contributed by atoms with van der Waals surface area (Å²) in [5.74, 6) is -1.93. The van der Waals surface area contributed by atoms with Gasteiger partial charge in [0.1, 0.15) is 0 Å². The fourth-order valence-electron chi connectivity index (χ4n) is 1.01. The van der Waals surface area contributed by atoms with Crippen LogP contribution in [0.3, 0.4) is 0 Å². The molecule has 0 heterocycles. The fraction of sp³-hybridized carbons (Fsp3) is 0.222. The Morgan fingerprint density at radius 3 is 2.27 bits per heavy atom. The number of ketones is 1. The van der Waals surface area contributed by atoms with Crippen LogP contribution < -0.4 is 0 Å². The average Bonchev–Trinajstić information content (AvgIpc) is 2.06. The molecule has 0 amide bonds. The van der Waals surface area contributed by atoms with E-state index in [1.807, 2.05) is 0 Å². The molecule has 0 N–H and O–H groups in total.